The van der Waals surface area contributed by atoms with Crippen molar-refractivity contribution in [1.82, 2.24) is 9.80 Å². The minimum absolute atomic E-state index is 0.0533. The number of hydrogen-bond donors (Lipinski definition) is 1. The SMILES string of the molecule is Cc1ccc(N2CC(CC(=O)O)(CC(=O)N(Cc3ccccc3)C(C)CCc3ccccc3)CN(Cc3ccc(Cl)cc3Cl)C2=O)cc1. The average Bonchev–Trinajstić information content (AvgIpc) is 3.06. The van der Waals surface area contributed by atoms with E-state index in [0.717, 1.165) is 24.0 Å². The monoisotopic (exact) mass is 685 g/mol. The van der Waals surface area contributed by atoms with Crippen LogP contribution < -0.4 is 4.90 Å². The molecule has 3 amide bonds. The smallest absolute Gasteiger partial charge is 0.324 e. The van der Waals surface area contributed by atoms with E-state index in [9.17, 15) is 19.5 Å². The number of carbonyl (C=O) groups excluding carboxylic acids is 2. The van der Waals surface area contributed by atoms with Crippen LogP contribution in [0.15, 0.2) is 103 Å². The lowest BCUT2D eigenvalue weighted by molar-refractivity contribution is -0.143. The van der Waals surface area contributed by atoms with E-state index in [1.165, 1.54) is 5.56 Å². The summed E-state index contributed by atoms with van der Waals surface area (Å²) in [5.41, 5.74) is 3.43. The number of carboxylic acids is 1. The van der Waals surface area contributed by atoms with Crippen LogP contribution in [0.2, 0.25) is 10.0 Å². The maximum Gasteiger partial charge on any atom is 0.324 e. The van der Waals surface area contributed by atoms with Gasteiger partial charge in [-0.1, -0.05) is 108 Å². The highest BCUT2D eigenvalue weighted by Crippen LogP contribution is 2.38. The molecule has 9 heteroatoms. The number of hydrogen-bond acceptors (Lipinski definition) is 3. The molecule has 1 fully saturated rings. The highest BCUT2D eigenvalue weighted by atomic mass is 35.5. The normalized spacial score (nSPS) is 16.9. The van der Waals surface area contributed by atoms with E-state index in [1.807, 2.05) is 91.5 Å². The summed E-state index contributed by atoms with van der Waals surface area (Å²) >= 11 is 12.7. The highest BCUT2D eigenvalue weighted by Gasteiger charge is 2.47. The van der Waals surface area contributed by atoms with E-state index in [2.05, 4.69) is 12.1 Å². The molecule has 2 unspecified atom stereocenters. The zero-order valence-corrected chi connectivity index (χ0v) is 28.8. The lowest BCUT2D eigenvalue weighted by Crippen LogP contribution is -2.60. The van der Waals surface area contributed by atoms with Crippen molar-refractivity contribution in [2.24, 2.45) is 5.41 Å². The molecule has 1 heterocycles. The molecule has 5 rings (SSSR count). The summed E-state index contributed by atoms with van der Waals surface area (Å²) in [6.07, 6.45) is 1.19. The lowest BCUT2D eigenvalue weighted by Gasteiger charge is -2.48. The van der Waals surface area contributed by atoms with Crippen LogP contribution in [0.25, 0.3) is 0 Å². The molecule has 250 valence electrons. The summed E-state index contributed by atoms with van der Waals surface area (Å²) in [6, 6.07) is 32.2. The fourth-order valence-corrected chi connectivity index (χ4v) is 6.95. The van der Waals surface area contributed by atoms with Gasteiger partial charge in [0.05, 0.1) is 6.42 Å². The molecule has 1 aliphatic rings. The van der Waals surface area contributed by atoms with Crippen molar-refractivity contribution in [3.05, 3.63) is 135 Å². The molecule has 1 N–H and O–H groups in total. The van der Waals surface area contributed by atoms with Crippen LogP contribution >= 0.6 is 23.2 Å². The number of rotatable bonds is 13. The Balaban J connectivity index is 1.49. The lowest BCUT2D eigenvalue weighted by atomic mass is 9.77. The molecule has 4 aromatic rings. The van der Waals surface area contributed by atoms with Crippen molar-refractivity contribution in [1.29, 1.82) is 0 Å². The number of benzene rings is 4. The van der Waals surface area contributed by atoms with Gasteiger partial charge < -0.3 is 14.9 Å². The summed E-state index contributed by atoms with van der Waals surface area (Å²) in [4.78, 5) is 46.3. The van der Waals surface area contributed by atoms with Crippen LogP contribution in [0.3, 0.4) is 0 Å². The first-order valence-electron chi connectivity index (χ1n) is 16.2. The molecule has 1 saturated heterocycles. The first-order chi connectivity index (χ1) is 23.0. The Kier molecular flexibility index (Phi) is 11.5. The maximum atomic E-state index is 14.6. The number of urea groups is 1. The predicted molar refractivity (Wildman–Crippen MR) is 191 cm³/mol. The molecule has 1 aliphatic heterocycles. The largest absolute Gasteiger partial charge is 0.481 e. The fraction of sp³-hybridized carbons (Fsp3) is 0.308. The van der Waals surface area contributed by atoms with Gasteiger partial charge in [-0.2, -0.15) is 0 Å². The van der Waals surface area contributed by atoms with Crippen LogP contribution in [0.1, 0.15) is 48.4 Å². The summed E-state index contributed by atoms with van der Waals surface area (Å²) in [6.45, 7) is 4.69. The molecule has 0 radical (unpaired) electrons. The zero-order chi connectivity index (χ0) is 34.3. The van der Waals surface area contributed by atoms with Crippen molar-refractivity contribution in [2.75, 3.05) is 18.0 Å². The predicted octanol–water partition coefficient (Wildman–Crippen LogP) is 8.65. The molecule has 0 aromatic heterocycles. The summed E-state index contributed by atoms with van der Waals surface area (Å²) in [7, 11) is 0. The molecule has 0 saturated carbocycles. The number of aryl methyl sites for hydroxylation is 2. The zero-order valence-electron chi connectivity index (χ0n) is 27.3. The van der Waals surface area contributed by atoms with Crippen LogP contribution in [-0.4, -0.2) is 51.9 Å². The van der Waals surface area contributed by atoms with Gasteiger partial charge in [-0.3, -0.25) is 14.5 Å². The first-order valence-corrected chi connectivity index (χ1v) is 16.9. The number of nitrogens with zero attached hydrogens (tertiary/aromatic N) is 3. The number of aliphatic carboxylic acids is 1. The Hall–Kier alpha value is -4.33. The average molecular weight is 687 g/mol. The van der Waals surface area contributed by atoms with Gasteiger partial charge in [0.2, 0.25) is 5.91 Å². The van der Waals surface area contributed by atoms with Gasteiger partial charge in [0.15, 0.2) is 0 Å². The molecule has 2 atom stereocenters. The number of amides is 3. The van der Waals surface area contributed by atoms with Gasteiger partial charge in [0, 0.05) is 59.8 Å². The van der Waals surface area contributed by atoms with E-state index in [0.29, 0.717) is 27.8 Å². The van der Waals surface area contributed by atoms with Crippen LogP contribution in [0, 0.1) is 12.3 Å². The molecule has 48 heavy (non-hydrogen) atoms. The minimum atomic E-state index is -1.09. The van der Waals surface area contributed by atoms with Crippen molar-refractivity contribution in [2.45, 2.75) is 58.7 Å². The van der Waals surface area contributed by atoms with Crippen molar-refractivity contribution >= 4 is 46.8 Å². The second-order valence-electron chi connectivity index (χ2n) is 12.9. The maximum absolute atomic E-state index is 14.6. The Morgan fingerprint density at radius 2 is 1.52 bits per heavy atom. The first kappa shape index (κ1) is 35.0. The quantitative estimate of drug-likeness (QED) is 0.153. The summed E-state index contributed by atoms with van der Waals surface area (Å²) in [5.74, 6) is -1.18. The van der Waals surface area contributed by atoms with Gasteiger partial charge in [-0.15, -0.1) is 0 Å². The van der Waals surface area contributed by atoms with Gasteiger partial charge in [0.1, 0.15) is 0 Å². The Bertz CT molecular complexity index is 1720. The summed E-state index contributed by atoms with van der Waals surface area (Å²) in [5, 5.41) is 11.1. The van der Waals surface area contributed by atoms with Crippen LogP contribution in [-0.2, 0) is 29.1 Å². The van der Waals surface area contributed by atoms with Gasteiger partial charge in [-0.25, -0.2) is 4.79 Å². The van der Waals surface area contributed by atoms with Gasteiger partial charge >= 0.3 is 12.0 Å². The molecule has 0 spiro atoms. The van der Waals surface area contributed by atoms with E-state index < -0.39 is 11.4 Å². The van der Waals surface area contributed by atoms with E-state index in [1.54, 1.807) is 28.0 Å². The van der Waals surface area contributed by atoms with Crippen LogP contribution in [0.5, 0.6) is 0 Å². The molecule has 0 aliphatic carbocycles. The Labute approximate surface area is 292 Å². The van der Waals surface area contributed by atoms with Crippen LogP contribution in [0.4, 0.5) is 10.5 Å². The summed E-state index contributed by atoms with van der Waals surface area (Å²) < 4.78 is 0. The number of carboxylic acid groups (broad SMARTS) is 1. The third kappa shape index (κ3) is 8.97. The minimum Gasteiger partial charge on any atom is -0.481 e. The second kappa shape index (κ2) is 15.7. The third-order valence-electron chi connectivity index (χ3n) is 9.04. The van der Waals surface area contributed by atoms with Crippen molar-refractivity contribution in [3.63, 3.8) is 0 Å². The fourth-order valence-electron chi connectivity index (χ4n) is 6.48. The molecule has 4 aromatic carbocycles. The van der Waals surface area contributed by atoms with Crippen molar-refractivity contribution in [3.8, 4) is 0 Å². The number of anilines is 1. The van der Waals surface area contributed by atoms with E-state index >= 15 is 0 Å². The molecular formula is C39H41Cl2N3O4. The molecular weight excluding hydrogens is 645 g/mol. The molecule has 0 bridgehead atoms. The molecule has 7 nitrogen and oxygen atoms in total. The van der Waals surface area contributed by atoms with Crippen molar-refractivity contribution < 1.29 is 19.5 Å². The topological polar surface area (TPSA) is 81.2 Å². The number of halogens is 2. The standard InChI is InChI=1S/C39H41Cl2N3O4/c1-28-13-19-34(20-14-28)44-27-39(23-37(46)47,26-42(38(44)48)25-32-17-18-33(40)21-35(32)41)22-36(45)43(24-31-11-7-4-8-12-31)29(2)15-16-30-9-5-3-6-10-30/h3-14,17-21,29H,15-16,22-27H2,1-2H3,(H,46,47). The second-order valence-corrected chi connectivity index (χ2v) is 13.8. The third-order valence-corrected chi connectivity index (χ3v) is 9.62. The van der Waals surface area contributed by atoms with Gasteiger partial charge in [-0.05, 0) is 67.6 Å². The van der Waals surface area contributed by atoms with E-state index in [-0.39, 0.29) is 50.5 Å². The number of carbonyl (C=O) groups is 3. The highest BCUT2D eigenvalue weighted by molar-refractivity contribution is 6.35. The van der Waals surface area contributed by atoms with E-state index in [4.69, 9.17) is 23.2 Å². The Morgan fingerprint density at radius 3 is 2.15 bits per heavy atom. The Morgan fingerprint density at radius 1 is 0.875 bits per heavy atom. The van der Waals surface area contributed by atoms with Gasteiger partial charge in [0.25, 0.3) is 0 Å².